The number of halogens is 3. The number of benzene rings is 1. The first-order chi connectivity index (χ1) is 15.1. The van der Waals surface area contributed by atoms with Crippen LogP contribution in [-0.2, 0) is 9.53 Å². The Morgan fingerprint density at radius 3 is 2.66 bits per heavy atom. The predicted octanol–water partition coefficient (Wildman–Crippen LogP) is 3.64. The summed E-state index contributed by atoms with van der Waals surface area (Å²) >= 11 is 2.95. The van der Waals surface area contributed by atoms with Crippen LogP contribution in [0.25, 0.3) is 0 Å². The zero-order chi connectivity index (χ0) is 23.4. The Morgan fingerprint density at radius 2 is 1.97 bits per heavy atom. The van der Waals surface area contributed by atoms with E-state index in [1.807, 2.05) is 13.8 Å². The Morgan fingerprint density at radius 1 is 1.25 bits per heavy atom. The molecule has 2 fully saturated rings. The second-order valence-electron chi connectivity index (χ2n) is 8.49. The van der Waals surface area contributed by atoms with E-state index in [1.165, 1.54) is 36.4 Å². The van der Waals surface area contributed by atoms with Crippen LogP contribution in [0.15, 0.2) is 34.9 Å². The second-order valence-corrected chi connectivity index (χ2v) is 9.28. The number of methoxy groups -OCH3 is 1. The van der Waals surface area contributed by atoms with Gasteiger partial charge in [-0.1, -0.05) is 13.8 Å². The molecular weight excluding hydrogens is 488 g/mol. The molecule has 3 atom stereocenters. The molecule has 0 spiro atoms. The maximum atomic E-state index is 14.0. The monoisotopic (exact) mass is 507 g/mol. The number of esters is 1. The molecule has 2 amide bonds. The number of hydrogen-bond acceptors (Lipinski definition) is 5. The highest BCUT2D eigenvalue weighted by atomic mass is 79.9. The molecule has 0 bridgehead atoms. The van der Waals surface area contributed by atoms with E-state index in [1.54, 1.807) is 0 Å². The van der Waals surface area contributed by atoms with Crippen molar-refractivity contribution >= 4 is 39.4 Å². The Kier molecular flexibility index (Phi) is 5.52. The fourth-order valence-electron chi connectivity index (χ4n) is 4.58. The molecule has 7 nitrogen and oxygen atoms in total. The standard InChI is InChI=1S/C22H20BrF2N3O4/c1-22(2)12-9-28(20(30)11-4-5-13(24)17(25)16(11)23)18(15(12)22)19(29)27-10-6-7-26-14(8-10)21(31)32-3/h4-8,12,15,18H,9H2,1-3H3,(H,26,27,29)/t12-,15-,18-/m0/s1. The average molecular weight is 508 g/mol. The minimum atomic E-state index is -1.16. The van der Waals surface area contributed by atoms with E-state index in [2.05, 4.69) is 31.0 Å². The zero-order valence-electron chi connectivity index (χ0n) is 17.5. The fraction of sp³-hybridized carbons (Fsp3) is 0.364. The number of amides is 2. The number of nitrogens with zero attached hydrogens (tertiary/aromatic N) is 2. The van der Waals surface area contributed by atoms with Gasteiger partial charge in [-0.3, -0.25) is 9.59 Å². The maximum absolute atomic E-state index is 14.0. The van der Waals surface area contributed by atoms with Gasteiger partial charge in [0, 0.05) is 18.4 Å². The third-order valence-corrected chi connectivity index (χ3v) is 7.20. The molecule has 0 unspecified atom stereocenters. The number of aromatic nitrogens is 1. The summed E-state index contributed by atoms with van der Waals surface area (Å²) < 4.78 is 31.9. The molecule has 4 rings (SSSR count). The smallest absolute Gasteiger partial charge is 0.356 e. The van der Waals surface area contributed by atoms with Gasteiger partial charge in [-0.2, -0.15) is 0 Å². The van der Waals surface area contributed by atoms with Crippen LogP contribution in [0.3, 0.4) is 0 Å². The molecule has 168 valence electrons. The summed E-state index contributed by atoms with van der Waals surface area (Å²) in [5.41, 5.74) is 0.158. The summed E-state index contributed by atoms with van der Waals surface area (Å²) in [6.07, 6.45) is 1.36. The van der Waals surface area contributed by atoms with Gasteiger partial charge < -0.3 is 15.0 Å². The van der Waals surface area contributed by atoms with Gasteiger partial charge >= 0.3 is 5.97 Å². The lowest BCUT2D eigenvalue weighted by Gasteiger charge is -2.30. The number of carbonyl (C=O) groups is 3. The number of fused-ring (bicyclic) bond motifs is 1. The summed E-state index contributed by atoms with van der Waals surface area (Å²) in [4.78, 5) is 43.5. The zero-order valence-corrected chi connectivity index (χ0v) is 19.1. The van der Waals surface area contributed by atoms with Gasteiger partial charge in [-0.25, -0.2) is 18.6 Å². The molecule has 1 aromatic carbocycles. The van der Waals surface area contributed by atoms with Crippen LogP contribution < -0.4 is 5.32 Å². The first-order valence-electron chi connectivity index (χ1n) is 9.87. The Hall–Kier alpha value is -2.88. The van der Waals surface area contributed by atoms with Gasteiger partial charge in [-0.15, -0.1) is 0 Å². The highest BCUT2D eigenvalue weighted by Gasteiger charge is 2.69. The molecule has 10 heteroatoms. The van der Waals surface area contributed by atoms with E-state index in [4.69, 9.17) is 0 Å². The number of likely N-dealkylation sites (tertiary alicyclic amines) is 1. The lowest BCUT2D eigenvalue weighted by Crippen LogP contribution is -2.47. The number of rotatable bonds is 4. The minimum absolute atomic E-state index is 0.0278. The molecule has 2 aromatic rings. The topological polar surface area (TPSA) is 88.6 Å². The highest BCUT2D eigenvalue weighted by molar-refractivity contribution is 9.10. The van der Waals surface area contributed by atoms with Crippen molar-refractivity contribution < 1.29 is 27.9 Å². The third-order valence-electron chi connectivity index (χ3n) is 6.43. The normalized spacial score (nSPS) is 22.8. The van der Waals surface area contributed by atoms with Crippen molar-refractivity contribution in [2.75, 3.05) is 19.0 Å². The third kappa shape index (κ3) is 3.56. The van der Waals surface area contributed by atoms with Gasteiger partial charge in [0.05, 0.1) is 17.1 Å². The van der Waals surface area contributed by atoms with Crippen molar-refractivity contribution in [3.63, 3.8) is 0 Å². The Balaban J connectivity index is 1.62. The van der Waals surface area contributed by atoms with Crippen LogP contribution >= 0.6 is 15.9 Å². The van der Waals surface area contributed by atoms with Crippen LogP contribution in [0.4, 0.5) is 14.5 Å². The summed E-state index contributed by atoms with van der Waals surface area (Å²) in [5.74, 6) is -3.86. The molecular formula is C22H20BrF2N3O4. The molecule has 1 aliphatic heterocycles. The number of piperidine rings is 1. The number of ether oxygens (including phenoxy) is 1. The lowest BCUT2D eigenvalue weighted by atomic mass is 9.99. The fourth-order valence-corrected chi connectivity index (χ4v) is 5.07. The number of pyridine rings is 1. The van der Waals surface area contributed by atoms with Crippen LogP contribution in [0.2, 0.25) is 0 Å². The van der Waals surface area contributed by atoms with E-state index in [9.17, 15) is 23.2 Å². The molecule has 2 heterocycles. The minimum Gasteiger partial charge on any atom is -0.464 e. The molecule has 32 heavy (non-hydrogen) atoms. The number of carbonyl (C=O) groups excluding carboxylic acids is 3. The van der Waals surface area contributed by atoms with E-state index >= 15 is 0 Å². The Bertz CT molecular complexity index is 1140. The van der Waals surface area contributed by atoms with E-state index in [0.717, 1.165) is 6.07 Å². The molecule has 2 aliphatic rings. The van der Waals surface area contributed by atoms with Gasteiger partial charge in [0.1, 0.15) is 11.7 Å². The van der Waals surface area contributed by atoms with Crippen molar-refractivity contribution in [2.24, 2.45) is 17.3 Å². The first-order valence-corrected chi connectivity index (χ1v) is 10.7. The summed E-state index contributed by atoms with van der Waals surface area (Å²) in [7, 11) is 1.23. The molecule has 1 aromatic heterocycles. The molecule has 1 N–H and O–H groups in total. The van der Waals surface area contributed by atoms with Gasteiger partial charge in [0.2, 0.25) is 5.91 Å². The van der Waals surface area contributed by atoms with Crippen LogP contribution in [0.1, 0.15) is 34.7 Å². The average Bonchev–Trinajstić information content (AvgIpc) is 3.11. The predicted molar refractivity (Wildman–Crippen MR) is 114 cm³/mol. The summed E-state index contributed by atoms with van der Waals surface area (Å²) in [6.45, 7) is 4.38. The second kappa shape index (κ2) is 7.91. The van der Waals surface area contributed by atoms with Crippen molar-refractivity contribution in [3.8, 4) is 0 Å². The van der Waals surface area contributed by atoms with Crippen LogP contribution in [0.5, 0.6) is 0 Å². The SMILES string of the molecule is COC(=O)c1cc(NC(=O)[C@@H]2[C@@H]3[C@H](CN2C(=O)c2ccc(F)c(F)c2Br)C3(C)C)ccn1. The van der Waals surface area contributed by atoms with Gasteiger partial charge in [-0.05, 0) is 57.4 Å². The van der Waals surface area contributed by atoms with Gasteiger partial charge in [0.25, 0.3) is 5.91 Å². The highest BCUT2D eigenvalue weighted by Crippen LogP contribution is 2.65. The molecule has 1 aliphatic carbocycles. The van der Waals surface area contributed by atoms with Crippen molar-refractivity contribution in [2.45, 2.75) is 19.9 Å². The first kappa shape index (κ1) is 22.3. The van der Waals surface area contributed by atoms with Crippen LogP contribution in [0, 0.1) is 28.9 Å². The Labute approximate surface area is 191 Å². The number of anilines is 1. The quantitative estimate of drug-likeness (QED) is 0.504. The summed E-state index contributed by atoms with van der Waals surface area (Å²) in [5, 5.41) is 2.74. The number of nitrogens with one attached hydrogen (secondary N) is 1. The largest absolute Gasteiger partial charge is 0.464 e. The molecule has 1 saturated carbocycles. The van der Waals surface area contributed by atoms with Crippen molar-refractivity contribution in [3.05, 3.63) is 57.8 Å². The maximum Gasteiger partial charge on any atom is 0.356 e. The van der Waals surface area contributed by atoms with Crippen molar-refractivity contribution in [1.29, 1.82) is 0 Å². The van der Waals surface area contributed by atoms with E-state index in [0.29, 0.717) is 12.2 Å². The lowest BCUT2D eigenvalue weighted by molar-refractivity contribution is -0.120. The van der Waals surface area contributed by atoms with Crippen molar-refractivity contribution in [1.82, 2.24) is 9.88 Å². The van der Waals surface area contributed by atoms with E-state index < -0.39 is 35.5 Å². The molecule has 0 radical (unpaired) electrons. The summed E-state index contributed by atoms with van der Waals surface area (Å²) in [6, 6.07) is 4.17. The van der Waals surface area contributed by atoms with E-state index in [-0.39, 0.29) is 33.0 Å². The van der Waals surface area contributed by atoms with Crippen LogP contribution in [-0.4, -0.2) is 47.4 Å². The number of hydrogen-bond donors (Lipinski definition) is 1. The van der Waals surface area contributed by atoms with Gasteiger partial charge in [0.15, 0.2) is 11.6 Å². The molecule has 1 saturated heterocycles.